The number of rotatable bonds is 6. The largest absolute Gasteiger partial charge is 0.481 e. The predicted molar refractivity (Wildman–Crippen MR) is 65.3 cm³/mol. The van der Waals surface area contributed by atoms with Crippen molar-refractivity contribution in [1.82, 2.24) is 0 Å². The number of nitrogens with two attached hydrogens (primary N) is 1. The minimum absolute atomic E-state index is 0.0366. The molecule has 0 aliphatic heterocycles. The van der Waals surface area contributed by atoms with Crippen molar-refractivity contribution in [2.75, 3.05) is 13.2 Å². The number of nitro groups is 1. The third kappa shape index (κ3) is 4.40. The van der Waals surface area contributed by atoms with Gasteiger partial charge >= 0.3 is 5.69 Å². The molecule has 0 unspecified atom stereocenters. The van der Waals surface area contributed by atoms with E-state index in [9.17, 15) is 10.1 Å². The summed E-state index contributed by atoms with van der Waals surface area (Å²) in [6.45, 7) is 7.27. The van der Waals surface area contributed by atoms with Crippen LogP contribution in [0.1, 0.15) is 19.4 Å². The van der Waals surface area contributed by atoms with E-state index in [1.54, 1.807) is 6.07 Å². The van der Waals surface area contributed by atoms with Crippen molar-refractivity contribution >= 4 is 5.69 Å². The maximum atomic E-state index is 10.8. The third-order valence-corrected chi connectivity index (χ3v) is 2.32. The highest BCUT2D eigenvalue weighted by Crippen LogP contribution is 2.27. The van der Waals surface area contributed by atoms with Crippen molar-refractivity contribution in [3.63, 3.8) is 0 Å². The number of quaternary nitrogens is 1. The van der Waals surface area contributed by atoms with E-state index in [0.29, 0.717) is 18.4 Å². The molecule has 0 saturated carbocycles. The van der Waals surface area contributed by atoms with Crippen LogP contribution in [0, 0.1) is 17.0 Å². The summed E-state index contributed by atoms with van der Waals surface area (Å²) in [6.07, 6.45) is 0. The molecule has 5 heteroatoms. The van der Waals surface area contributed by atoms with Crippen LogP contribution in [-0.2, 0) is 0 Å². The first-order valence-electron chi connectivity index (χ1n) is 5.72. The van der Waals surface area contributed by atoms with Gasteiger partial charge in [0.05, 0.1) is 11.0 Å². The van der Waals surface area contributed by atoms with Crippen LogP contribution in [0.15, 0.2) is 18.2 Å². The van der Waals surface area contributed by atoms with E-state index in [1.807, 2.05) is 13.0 Å². The fourth-order valence-corrected chi connectivity index (χ4v) is 1.46. The fourth-order valence-electron chi connectivity index (χ4n) is 1.46. The molecular weight excluding hydrogens is 220 g/mol. The average molecular weight is 239 g/mol. The molecule has 5 nitrogen and oxygen atoms in total. The van der Waals surface area contributed by atoms with Crippen LogP contribution in [-0.4, -0.2) is 24.1 Å². The van der Waals surface area contributed by atoms with Crippen molar-refractivity contribution in [3.8, 4) is 5.75 Å². The molecule has 0 aliphatic carbocycles. The Morgan fingerprint density at radius 1 is 1.47 bits per heavy atom. The van der Waals surface area contributed by atoms with Crippen molar-refractivity contribution < 1.29 is 15.0 Å². The first kappa shape index (κ1) is 13.4. The van der Waals surface area contributed by atoms with Crippen molar-refractivity contribution in [1.29, 1.82) is 0 Å². The number of nitrogens with zero attached hydrogens (tertiary/aromatic N) is 1. The highest BCUT2D eigenvalue weighted by atomic mass is 16.6. The van der Waals surface area contributed by atoms with Gasteiger partial charge < -0.3 is 10.1 Å². The van der Waals surface area contributed by atoms with E-state index < -0.39 is 4.92 Å². The van der Waals surface area contributed by atoms with Gasteiger partial charge in [-0.25, -0.2) is 0 Å². The Morgan fingerprint density at radius 3 is 2.76 bits per heavy atom. The SMILES string of the molecule is Cc1ccc(OCC[NH2+]C(C)C)c([N+](=O)[O-])c1. The minimum Gasteiger partial charge on any atom is -0.481 e. The molecule has 1 aromatic rings. The first-order valence-corrected chi connectivity index (χ1v) is 5.72. The predicted octanol–water partition coefficient (Wildman–Crippen LogP) is 1.25. The van der Waals surface area contributed by atoms with Gasteiger partial charge in [-0.05, 0) is 32.4 Å². The highest BCUT2D eigenvalue weighted by Gasteiger charge is 2.14. The molecular formula is C12H19N2O3+. The smallest absolute Gasteiger partial charge is 0.311 e. The second-order valence-electron chi connectivity index (χ2n) is 4.35. The van der Waals surface area contributed by atoms with Gasteiger partial charge in [0, 0.05) is 6.07 Å². The van der Waals surface area contributed by atoms with Crippen molar-refractivity contribution in [3.05, 3.63) is 33.9 Å². The van der Waals surface area contributed by atoms with Gasteiger partial charge in [0.25, 0.3) is 0 Å². The number of ether oxygens (including phenoxy) is 1. The first-order chi connectivity index (χ1) is 8.00. The maximum Gasteiger partial charge on any atom is 0.311 e. The molecule has 0 atom stereocenters. The van der Waals surface area contributed by atoms with Gasteiger partial charge in [-0.2, -0.15) is 0 Å². The zero-order valence-electron chi connectivity index (χ0n) is 10.5. The van der Waals surface area contributed by atoms with Crippen molar-refractivity contribution in [2.24, 2.45) is 0 Å². The fraction of sp³-hybridized carbons (Fsp3) is 0.500. The molecule has 1 rings (SSSR count). The van der Waals surface area contributed by atoms with Crippen LogP contribution < -0.4 is 10.1 Å². The van der Waals surface area contributed by atoms with Gasteiger partial charge in [-0.3, -0.25) is 10.1 Å². The molecule has 0 fully saturated rings. The van der Waals surface area contributed by atoms with Crippen LogP contribution in [0.25, 0.3) is 0 Å². The summed E-state index contributed by atoms with van der Waals surface area (Å²) < 4.78 is 5.43. The van der Waals surface area contributed by atoms with Crippen molar-refractivity contribution in [2.45, 2.75) is 26.8 Å². The second kappa shape index (κ2) is 6.20. The number of benzene rings is 1. The summed E-state index contributed by atoms with van der Waals surface area (Å²) in [5.41, 5.74) is 0.896. The van der Waals surface area contributed by atoms with Crippen LogP contribution >= 0.6 is 0 Å². The Labute approximate surface area is 101 Å². The molecule has 0 saturated heterocycles. The van der Waals surface area contributed by atoms with Crippen LogP contribution in [0.4, 0.5) is 5.69 Å². The average Bonchev–Trinajstić information content (AvgIpc) is 2.25. The van der Waals surface area contributed by atoms with Gasteiger partial charge in [-0.15, -0.1) is 0 Å². The third-order valence-electron chi connectivity index (χ3n) is 2.32. The topological polar surface area (TPSA) is 69.0 Å². The monoisotopic (exact) mass is 239 g/mol. The molecule has 0 bridgehead atoms. The molecule has 0 radical (unpaired) electrons. The van der Waals surface area contributed by atoms with Gasteiger partial charge in [-0.1, -0.05) is 6.07 Å². The van der Waals surface area contributed by atoms with Gasteiger partial charge in [0.2, 0.25) is 0 Å². The number of nitro benzene ring substituents is 1. The summed E-state index contributed by atoms with van der Waals surface area (Å²) in [4.78, 5) is 10.4. The molecule has 1 aromatic carbocycles. The highest BCUT2D eigenvalue weighted by molar-refractivity contribution is 5.48. The molecule has 0 amide bonds. The molecule has 17 heavy (non-hydrogen) atoms. The van der Waals surface area contributed by atoms with Crippen LogP contribution in [0.5, 0.6) is 5.75 Å². The Bertz CT molecular complexity index is 391. The number of hydrogen-bond acceptors (Lipinski definition) is 3. The second-order valence-corrected chi connectivity index (χ2v) is 4.35. The summed E-state index contributed by atoms with van der Waals surface area (Å²) in [5, 5.41) is 13.0. The van der Waals surface area contributed by atoms with E-state index in [2.05, 4.69) is 19.2 Å². The van der Waals surface area contributed by atoms with E-state index in [4.69, 9.17) is 4.74 Å². The number of aryl methyl sites for hydroxylation is 1. The Hall–Kier alpha value is -1.62. The van der Waals surface area contributed by atoms with E-state index in [-0.39, 0.29) is 5.69 Å². The van der Waals surface area contributed by atoms with E-state index in [0.717, 1.165) is 12.1 Å². The Kier molecular flexibility index (Phi) is 4.90. The lowest BCUT2D eigenvalue weighted by molar-refractivity contribution is -0.683. The van der Waals surface area contributed by atoms with Crippen LogP contribution in [0.2, 0.25) is 0 Å². The number of hydrogen-bond donors (Lipinski definition) is 1. The minimum atomic E-state index is -0.408. The summed E-state index contributed by atoms with van der Waals surface area (Å²) >= 11 is 0. The van der Waals surface area contributed by atoms with E-state index >= 15 is 0 Å². The molecule has 2 N–H and O–H groups in total. The maximum absolute atomic E-state index is 10.8. The lowest BCUT2D eigenvalue weighted by Crippen LogP contribution is -2.89. The Balaban J connectivity index is 2.61. The lowest BCUT2D eigenvalue weighted by Gasteiger charge is -2.08. The van der Waals surface area contributed by atoms with E-state index in [1.165, 1.54) is 6.07 Å². The quantitative estimate of drug-likeness (QED) is 0.461. The van der Waals surface area contributed by atoms with Gasteiger partial charge in [0.1, 0.15) is 13.2 Å². The molecule has 0 aliphatic rings. The molecule has 0 spiro atoms. The molecule has 0 heterocycles. The Morgan fingerprint density at radius 2 is 2.18 bits per heavy atom. The lowest BCUT2D eigenvalue weighted by atomic mass is 10.2. The van der Waals surface area contributed by atoms with Gasteiger partial charge in [0.15, 0.2) is 5.75 Å². The summed E-state index contributed by atoms with van der Waals surface area (Å²) in [5.74, 6) is 0.345. The molecule has 94 valence electrons. The normalized spacial score (nSPS) is 10.6. The molecule has 0 aromatic heterocycles. The zero-order valence-corrected chi connectivity index (χ0v) is 10.5. The summed E-state index contributed by atoms with van der Waals surface area (Å²) in [7, 11) is 0. The summed E-state index contributed by atoms with van der Waals surface area (Å²) in [6, 6.07) is 5.50. The van der Waals surface area contributed by atoms with Crippen LogP contribution in [0.3, 0.4) is 0 Å². The zero-order chi connectivity index (χ0) is 12.8. The standard InChI is InChI=1S/C12H18N2O3/c1-9(2)13-6-7-17-12-5-4-10(3)8-11(12)14(15)16/h4-5,8-9,13H,6-7H2,1-3H3/p+1.